The average molecular weight is 293 g/mol. The van der Waals surface area contributed by atoms with Crippen LogP contribution in [0.25, 0.3) is 0 Å². The number of nitrogens with zero attached hydrogens (tertiary/aromatic N) is 3. The quantitative estimate of drug-likeness (QED) is 0.644. The van der Waals surface area contributed by atoms with Crippen molar-refractivity contribution in [1.82, 2.24) is 15.5 Å². The van der Waals surface area contributed by atoms with E-state index in [1.54, 1.807) is 6.92 Å². The maximum atomic E-state index is 5.92. The number of aliphatic imine (C=N–C) groups is 1. The van der Waals surface area contributed by atoms with Crippen molar-refractivity contribution < 1.29 is 9.26 Å². The number of ether oxygens (including phenoxy) is 1. The Labute approximate surface area is 124 Å². The fourth-order valence-corrected chi connectivity index (χ4v) is 2.99. The van der Waals surface area contributed by atoms with E-state index in [9.17, 15) is 0 Å². The van der Waals surface area contributed by atoms with E-state index in [4.69, 9.17) is 15.0 Å². The van der Waals surface area contributed by atoms with Crippen LogP contribution < -0.4 is 11.1 Å². The molecular formula is C14H23N5O2. The zero-order chi connectivity index (χ0) is 14.7. The van der Waals surface area contributed by atoms with Crippen LogP contribution in [0.5, 0.6) is 0 Å². The van der Waals surface area contributed by atoms with E-state index in [1.165, 1.54) is 25.7 Å². The van der Waals surface area contributed by atoms with Gasteiger partial charge in [0.1, 0.15) is 6.10 Å². The van der Waals surface area contributed by atoms with Gasteiger partial charge < -0.3 is 20.3 Å². The van der Waals surface area contributed by atoms with Gasteiger partial charge in [-0.3, -0.25) is 4.99 Å². The molecular weight excluding hydrogens is 270 g/mol. The Morgan fingerprint density at radius 1 is 1.33 bits per heavy atom. The zero-order valence-corrected chi connectivity index (χ0v) is 12.4. The number of hydrogen-bond donors (Lipinski definition) is 2. The Morgan fingerprint density at radius 2 is 2.14 bits per heavy atom. The van der Waals surface area contributed by atoms with E-state index < -0.39 is 0 Å². The van der Waals surface area contributed by atoms with E-state index in [0.717, 1.165) is 12.8 Å². The molecule has 21 heavy (non-hydrogen) atoms. The van der Waals surface area contributed by atoms with Gasteiger partial charge in [-0.25, -0.2) is 0 Å². The van der Waals surface area contributed by atoms with Crippen molar-refractivity contribution in [2.24, 2.45) is 10.7 Å². The highest BCUT2D eigenvalue weighted by atomic mass is 16.5. The molecule has 1 aromatic heterocycles. The third kappa shape index (κ3) is 3.72. The van der Waals surface area contributed by atoms with Crippen LogP contribution in [0.3, 0.4) is 0 Å². The first kappa shape index (κ1) is 14.3. The van der Waals surface area contributed by atoms with Crippen LogP contribution in [0.15, 0.2) is 9.52 Å². The summed E-state index contributed by atoms with van der Waals surface area (Å²) in [4.78, 5) is 8.61. The van der Waals surface area contributed by atoms with Gasteiger partial charge in [-0.05, 0) is 32.6 Å². The molecule has 0 spiro atoms. The summed E-state index contributed by atoms with van der Waals surface area (Å²) in [5.41, 5.74) is 5.92. The Kier molecular flexibility index (Phi) is 4.38. The minimum atomic E-state index is -0.101. The van der Waals surface area contributed by atoms with Crippen LogP contribution in [0.4, 0.5) is 0 Å². The van der Waals surface area contributed by atoms with E-state index in [-0.39, 0.29) is 12.2 Å². The molecule has 0 amide bonds. The molecule has 3 N–H and O–H groups in total. The summed E-state index contributed by atoms with van der Waals surface area (Å²) in [5, 5.41) is 7.07. The van der Waals surface area contributed by atoms with Crippen molar-refractivity contribution >= 4 is 5.96 Å². The van der Waals surface area contributed by atoms with Crippen LogP contribution in [0.1, 0.15) is 56.3 Å². The summed E-state index contributed by atoms with van der Waals surface area (Å²) in [6.07, 6.45) is 6.74. The second-order valence-electron chi connectivity index (χ2n) is 5.86. The Balaban J connectivity index is 1.45. The standard InChI is InChI=1S/C14H23N5O2/c1-9-17-13(21-19-9)12-7-6-11(20-12)8-16-14(15)18-10-4-2-3-5-10/h10-12H,2-8H2,1H3,(H3,15,16,18)/t11-,12+/m1/s1. The van der Waals surface area contributed by atoms with Gasteiger partial charge in [0.2, 0.25) is 0 Å². The predicted molar refractivity (Wildman–Crippen MR) is 77.8 cm³/mol. The third-order valence-corrected chi connectivity index (χ3v) is 4.10. The maximum absolute atomic E-state index is 5.92. The van der Waals surface area contributed by atoms with Crippen LogP contribution >= 0.6 is 0 Å². The predicted octanol–water partition coefficient (Wildman–Crippen LogP) is 1.45. The minimum Gasteiger partial charge on any atom is -0.370 e. The fourth-order valence-electron chi connectivity index (χ4n) is 2.99. The second kappa shape index (κ2) is 6.43. The van der Waals surface area contributed by atoms with Crippen molar-refractivity contribution in [3.63, 3.8) is 0 Å². The number of nitrogens with one attached hydrogen (secondary N) is 1. The number of nitrogens with two attached hydrogens (primary N) is 1. The summed E-state index contributed by atoms with van der Waals surface area (Å²) in [7, 11) is 0. The lowest BCUT2D eigenvalue weighted by molar-refractivity contribution is 0.0309. The molecule has 1 aliphatic carbocycles. The van der Waals surface area contributed by atoms with Gasteiger partial charge in [0.25, 0.3) is 5.89 Å². The zero-order valence-electron chi connectivity index (χ0n) is 12.4. The van der Waals surface area contributed by atoms with Gasteiger partial charge >= 0.3 is 0 Å². The monoisotopic (exact) mass is 293 g/mol. The first-order valence-corrected chi connectivity index (χ1v) is 7.73. The fraction of sp³-hybridized carbons (Fsp3) is 0.786. The van der Waals surface area contributed by atoms with Crippen molar-refractivity contribution in [2.75, 3.05) is 6.54 Å². The van der Waals surface area contributed by atoms with Crippen LogP contribution in [0.2, 0.25) is 0 Å². The van der Waals surface area contributed by atoms with E-state index >= 15 is 0 Å². The van der Waals surface area contributed by atoms with Crippen LogP contribution in [-0.2, 0) is 4.74 Å². The maximum Gasteiger partial charge on any atom is 0.255 e. The molecule has 2 heterocycles. The number of hydrogen-bond acceptors (Lipinski definition) is 5. The van der Waals surface area contributed by atoms with Crippen molar-refractivity contribution in [2.45, 2.75) is 63.7 Å². The van der Waals surface area contributed by atoms with Gasteiger partial charge in [0.15, 0.2) is 11.8 Å². The molecule has 0 bridgehead atoms. The van der Waals surface area contributed by atoms with E-state index in [1.807, 2.05) is 0 Å². The molecule has 116 valence electrons. The third-order valence-electron chi connectivity index (χ3n) is 4.10. The molecule has 1 saturated carbocycles. The highest BCUT2D eigenvalue weighted by molar-refractivity contribution is 5.78. The lowest BCUT2D eigenvalue weighted by Gasteiger charge is -2.13. The highest BCUT2D eigenvalue weighted by Gasteiger charge is 2.30. The molecule has 0 aromatic carbocycles. The van der Waals surface area contributed by atoms with Crippen molar-refractivity contribution in [3.05, 3.63) is 11.7 Å². The normalized spacial score (nSPS) is 27.4. The molecule has 2 fully saturated rings. The topological polar surface area (TPSA) is 98.6 Å². The average Bonchev–Trinajstić information content (AvgIpc) is 3.17. The van der Waals surface area contributed by atoms with Crippen LogP contribution in [-0.4, -0.2) is 34.8 Å². The summed E-state index contributed by atoms with van der Waals surface area (Å²) in [6.45, 7) is 2.38. The molecule has 1 aromatic rings. The first-order chi connectivity index (χ1) is 10.2. The summed E-state index contributed by atoms with van der Waals surface area (Å²) in [5.74, 6) is 1.73. The molecule has 2 atom stereocenters. The Morgan fingerprint density at radius 3 is 2.86 bits per heavy atom. The second-order valence-corrected chi connectivity index (χ2v) is 5.86. The molecule has 7 heteroatoms. The lowest BCUT2D eigenvalue weighted by atomic mass is 10.2. The molecule has 2 aliphatic rings. The first-order valence-electron chi connectivity index (χ1n) is 7.73. The van der Waals surface area contributed by atoms with Gasteiger partial charge in [0.05, 0.1) is 12.6 Å². The number of guanidine groups is 1. The van der Waals surface area contributed by atoms with Gasteiger partial charge in [-0.2, -0.15) is 4.98 Å². The summed E-state index contributed by atoms with van der Waals surface area (Å²) in [6, 6.07) is 0.493. The van der Waals surface area contributed by atoms with Gasteiger partial charge in [-0.15, -0.1) is 0 Å². The Bertz CT molecular complexity index is 495. The number of rotatable bonds is 4. The SMILES string of the molecule is Cc1noc([C@@H]2CC[C@H](CN=C(N)NC3CCCC3)O2)n1. The smallest absolute Gasteiger partial charge is 0.255 e. The summed E-state index contributed by atoms with van der Waals surface area (Å²) < 4.78 is 11.0. The molecule has 1 saturated heterocycles. The van der Waals surface area contributed by atoms with Crippen LogP contribution in [0, 0.1) is 6.92 Å². The molecule has 3 rings (SSSR count). The van der Waals surface area contributed by atoms with Crippen molar-refractivity contribution in [3.8, 4) is 0 Å². The van der Waals surface area contributed by atoms with Gasteiger partial charge in [-0.1, -0.05) is 18.0 Å². The van der Waals surface area contributed by atoms with E-state index in [2.05, 4.69) is 20.4 Å². The minimum absolute atomic E-state index is 0.0751. The molecule has 0 unspecified atom stereocenters. The molecule has 0 radical (unpaired) electrons. The molecule has 1 aliphatic heterocycles. The number of aromatic nitrogens is 2. The van der Waals surface area contributed by atoms with Gasteiger partial charge in [0, 0.05) is 6.04 Å². The van der Waals surface area contributed by atoms with Crippen molar-refractivity contribution in [1.29, 1.82) is 0 Å². The number of aryl methyl sites for hydroxylation is 1. The Hall–Kier alpha value is -1.63. The van der Waals surface area contributed by atoms with E-state index in [0.29, 0.717) is 30.3 Å². The highest BCUT2D eigenvalue weighted by Crippen LogP contribution is 2.31. The lowest BCUT2D eigenvalue weighted by Crippen LogP contribution is -2.39. The summed E-state index contributed by atoms with van der Waals surface area (Å²) >= 11 is 0. The molecule has 7 nitrogen and oxygen atoms in total. The largest absolute Gasteiger partial charge is 0.370 e.